The molecule has 96 valence electrons. The van der Waals surface area contributed by atoms with Gasteiger partial charge in [-0.25, -0.2) is 0 Å². The van der Waals surface area contributed by atoms with E-state index in [0.29, 0.717) is 11.5 Å². The van der Waals surface area contributed by atoms with Crippen molar-refractivity contribution in [2.75, 3.05) is 5.32 Å². The molecule has 0 bridgehead atoms. The Hall–Kier alpha value is -1.38. The number of carbonyl (C=O) groups is 1. The molecule has 17 heavy (non-hydrogen) atoms. The van der Waals surface area contributed by atoms with Gasteiger partial charge in [0.15, 0.2) is 0 Å². The molecule has 0 saturated carbocycles. The summed E-state index contributed by atoms with van der Waals surface area (Å²) < 4.78 is 39.8. The van der Waals surface area contributed by atoms with Gasteiger partial charge in [0.2, 0.25) is 16.9 Å². The van der Waals surface area contributed by atoms with Crippen molar-refractivity contribution < 1.29 is 18.0 Å². The number of rotatable bonds is 4. The molecule has 0 atom stereocenters. The van der Waals surface area contributed by atoms with Gasteiger partial charge in [0.25, 0.3) is 0 Å². The molecule has 0 aliphatic heterocycles. The number of nitrogens with zero attached hydrogens (tertiary/aromatic N) is 2. The van der Waals surface area contributed by atoms with Gasteiger partial charge in [0, 0.05) is 23.5 Å². The number of alkyl halides is 3. The van der Waals surface area contributed by atoms with E-state index in [-0.39, 0.29) is 11.6 Å². The van der Waals surface area contributed by atoms with Crippen molar-refractivity contribution in [3.8, 4) is 0 Å². The Morgan fingerprint density at radius 1 is 1.47 bits per heavy atom. The van der Waals surface area contributed by atoms with Crippen molar-refractivity contribution in [2.45, 2.75) is 32.0 Å². The summed E-state index contributed by atoms with van der Waals surface area (Å²) in [7, 11) is 0. The number of nitrogens with two attached hydrogens (primary N) is 1. The maximum Gasteiger partial charge on any atom is 0.452 e. The van der Waals surface area contributed by atoms with Crippen LogP contribution in [0.4, 0.5) is 18.3 Å². The molecule has 1 aromatic rings. The molecule has 1 amide bonds. The smallest absolute Gasteiger partial charge is 0.370 e. The van der Waals surface area contributed by atoms with Gasteiger partial charge >= 0.3 is 6.18 Å². The summed E-state index contributed by atoms with van der Waals surface area (Å²) in [6.07, 6.45) is -4.59. The number of nitrogens with one attached hydrogen (secondary N) is 1. The van der Waals surface area contributed by atoms with Crippen molar-refractivity contribution in [2.24, 2.45) is 5.73 Å². The molecule has 1 rings (SSSR count). The molecular formula is C8H11F3N4OS. The SMILES string of the molecule is CC(C)(CC(N)=O)Nc1nc(C(F)(F)F)ns1. The zero-order valence-corrected chi connectivity index (χ0v) is 9.95. The second kappa shape index (κ2) is 4.47. The molecule has 0 radical (unpaired) electrons. The van der Waals surface area contributed by atoms with Crippen LogP contribution in [-0.4, -0.2) is 20.8 Å². The van der Waals surface area contributed by atoms with Gasteiger partial charge in [-0.2, -0.15) is 22.5 Å². The third kappa shape index (κ3) is 4.17. The van der Waals surface area contributed by atoms with Crippen LogP contribution >= 0.6 is 11.5 Å². The predicted octanol–water partition coefficient (Wildman–Crippen LogP) is 1.62. The van der Waals surface area contributed by atoms with E-state index in [9.17, 15) is 18.0 Å². The Morgan fingerprint density at radius 2 is 2.06 bits per heavy atom. The number of primary amides is 1. The van der Waals surface area contributed by atoms with Crippen LogP contribution in [0.15, 0.2) is 0 Å². The van der Waals surface area contributed by atoms with Crippen molar-refractivity contribution in [1.82, 2.24) is 9.36 Å². The van der Waals surface area contributed by atoms with Gasteiger partial charge in [-0.1, -0.05) is 0 Å². The Labute approximate surface area is 99.4 Å². The lowest BCUT2D eigenvalue weighted by Gasteiger charge is -2.23. The Morgan fingerprint density at radius 3 is 2.47 bits per heavy atom. The first-order valence-corrected chi connectivity index (χ1v) is 5.35. The number of carbonyl (C=O) groups excluding carboxylic acids is 1. The lowest BCUT2D eigenvalue weighted by molar-refractivity contribution is -0.144. The standard InChI is InChI=1S/C8H11F3N4OS/c1-7(2,3-4(12)16)14-6-13-5(15-17-6)8(9,10)11/h3H2,1-2H3,(H2,12,16)(H,13,14,15). The van der Waals surface area contributed by atoms with E-state index in [1.165, 1.54) is 0 Å². The second-order valence-corrected chi connectivity index (χ2v) is 4.82. The highest BCUT2D eigenvalue weighted by atomic mass is 32.1. The van der Waals surface area contributed by atoms with Gasteiger partial charge in [0.1, 0.15) is 0 Å². The Kier molecular flexibility index (Phi) is 3.60. The monoisotopic (exact) mass is 268 g/mol. The molecule has 0 aliphatic carbocycles. The molecule has 0 aliphatic rings. The molecular weight excluding hydrogens is 257 g/mol. The normalized spacial score (nSPS) is 12.5. The maximum atomic E-state index is 12.2. The minimum Gasteiger partial charge on any atom is -0.370 e. The average Bonchev–Trinajstić information content (AvgIpc) is 2.47. The first-order chi connectivity index (χ1) is 7.60. The van der Waals surface area contributed by atoms with Crippen LogP contribution in [0.1, 0.15) is 26.1 Å². The van der Waals surface area contributed by atoms with Crippen LogP contribution in [0.2, 0.25) is 0 Å². The van der Waals surface area contributed by atoms with Crippen molar-refractivity contribution >= 4 is 22.6 Å². The Balaban J connectivity index is 2.76. The summed E-state index contributed by atoms with van der Waals surface area (Å²) >= 11 is 0.586. The molecule has 0 spiro atoms. The number of anilines is 1. The van der Waals surface area contributed by atoms with E-state index in [2.05, 4.69) is 14.7 Å². The predicted molar refractivity (Wildman–Crippen MR) is 56.4 cm³/mol. The van der Waals surface area contributed by atoms with E-state index in [0.717, 1.165) is 0 Å². The second-order valence-electron chi connectivity index (χ2n) is 4.07. The van der Waals surface area contributed by atoms with Crippen LogP contribution in [0.5, 0.6) is 0 Å². The summed E-state index contributed by atoms with van der Waals surface area (Å²) in [5, 5.41) is 2.69. The fraction of sp³-hybridized carbons (Fsp3) is 0.625. The van der Waals surface area contributed by atoms with Gasteiger partial charge in [0.05, 0.1) is 0 Å². The lowest BCUT2D eigenvalue weighted by Crippen LogP contribution is -2.36. The quantitative estimate of drug-likeness (QED) is 0.869. The van der Waals surface area contributed by atoms with Gasteiger partial charge in [-0.05, 0) is 13.8 Å². The summed E-state index contributed by atoms with van der Waals surface area (Å²) in [6.45, 7) is 3.26. The van der Waals surface area contributed by atoms with Crippen molar-refractivity contribution in [3.63, 3.8) is 0 Å². The largest absolute Gasteiger partial charge is 0.452 e. The van der Waals surface area contributed by atoms with Crippen LogP contribution < -0.4 is 11.1 Å². The van der Waals surface area contributed by atoms with Gasteiger partial charge in [-0.15, -0.1) is 0 Å². The highest BCUT2D eigenvalue weighted by Gasteiger charge is 2.36. The summed E-state index contributed by atoms with van der Waals surface area (Å²) in [6, 6.07) is 0. The highest BCUT2D eigenvalue weighted by Crippen LogP contribution is 2.30. The summed E-state index contributed by atoms with van der Waals surface area (Å²) in [5.74, 6) is -1.75. The molecule has 1 aromatic heterocycles. The summed E-state index contributed by atoms with van der Waals surface area (Å²) in [4.78, 5) is 14.0. The molecule has 1 heterocycles. The molecule has 0 fully saturated rings. The molecule has 3 N–H and O–H groups in total. The molecule has 0 aromatic carbocycles. The van der Waals surface area contributed by atoms with Crippen LogP contribution in [0, 0.1) is 0 Å². The lowest BCUT2D eigenvalue weighted by atomic mass is 10.0. The minimum absolute atomic E-state index is 0.00331. The van der Waals surface area contributed by atoms with Crippen LogP contribution in [0.3, 0.4) is 0 Å². The maximum absolute atomic E-state index is 12.2. The van der Waals surface area contributed by atoms with E-state index in [4.69, 9.17) is 5.73 Å². The van der Waals surface area contributed by atoms with E-state index >= 15 is 0 Å². The van der Waals surface area contributed by atoms with Crippen molar-refractivity contribution in [3.05, 3.63) is 5.82 Å². The van der Waals surface area contributed by atoms with Gasteiger partial charge < -0.3 is 11.1 Å². The van der Waals surface area contributed by atoms with Crippen molar-refractivity contribution in [1.29, 1.82) is 0 Å². The topological polar surface area (TPSA) is 80.9 Å². The Bertz CT molecular complexity index is 415. The minimum atomic E-state index is -4.57. The number of aromatic nitrogens is 2. The zero-order chi connectivity index (χ0) is 13.3. The third-order valence-electron chi connectivity index (χ3n) is 1.74. The number of hydrogen-bond acceptors (Lipinski definition) is 5. The first kappa shape index (κ1) is 13.7. The van der Waals surface area contributed by atoms with E-state index in [1.54, 1.807) is 13.8 Å². The summed E-state index contributed by atoms with van der Waals surface area (Å²) in [5.41, 5.74) is 4.25. The highest BCUT2D eigenvalue weighted by molar-refractivity contribution is 7.09. The first-order valence-electron chi connectivity index (χ1n) is 4.57. The molecule has 5 nitrogen and oxygen atoms in total. The van der Waals surface area contributed by atoms with E-state index < -0.39 is 23.4 Å². The number of hydrogen-bond donors (Lipinski definition) is 2. The number of halogens is 3. The average molecular weight is 268 g/mol. The third-order valence-corrected chi connectivity index (χ3v) is 2.37. The van der Waals surface area contributed by atoms with Crippen LogP contribution in [0.25, 0.3) is 0 Å². The van der Waals surface area contributed by atoms with E-state index in [1.807, 2.05) is 0 Å². The van der Waals surface area contributed by atoms with Crippen LogP contribution in [-0.2, 0) is 11.0 Å². The molecule has 0 unspecified atom stereocenters. The molecule has 0 saturated heterocycles. The molecule has 9 heteroatoms. The zero-order valence-electron chi connectivity index (χ0n) is 9.13. The van der Waals surface area contributed by atoms with Gasteiger partial charge in [-0.3, -0.25) is 4.79 Å². The fourth-order valence-electron chi connectivity index (χ4n) is 1.16. The number of amides is 1. The fourth-order valence-corrected chi connectivity index (χ4v) is 1.93.